The van der Waals surface area contributed by atoms with E-state index in [1.54, 1.807) is 0 Å². The number of carbonyl (C=O) groups is 1. The van der Waals surface area contributed by atoms with Crippen molar-refractivity contribution < 1.29 is 4.79 Å². The van der Waals surface area contributed by atoms with Gasteiger partial charge in [-0.15, -0.1) is 12.4 Å². The molecule has 1 amide bonds. The van der Waals surface area contributed by atoms with Crippen molar-refractivity contribution >= 4 is 40.6 Å². The van der Waals surface area contributed by atoms with Crippen molar-refractivity contribution in [3.05, 3.63) is 60.3 Å². The van der Waals surface area contributed by atoms with E-state index < -0.39 is 0 Å². The van der Waals surface area contributed by atoms with Crippen LogP contribution in [0.5, 0.6) is 0 Å². The number of H-pyrrole nitrogens is 1. The lowest BCUT2D eigenvalue weighted by molar-refractivity contribution is -0.118. The van der Waals surface area contributed by atoms with Crippen molar-refractivity contribution in [1.29, 1.82) is 0 Å². The predicted octanol–water partition coefficient (Wildman–Crippen LogP) is 4.08. The van der Waals surface area contributed by atoms with Gasteiger partial charge in [0.1, 0.15) is 0 Å². The third-order valence-electron chi connectivity index (χ3n) is 6.32. The summed E-state index contributed by atoms with van der Waals surface area (Å²) in [6, 6.07) is 17.1. The highest BCUT2D eigenvalue weighted by molar-refractivity contribution is 5.96. The fourth-order valence-corrected chi connectivity index (χ4v) is 4.66. The molecule has 2 aromatic carbocycles. The highest BCUT2D eigenvalue weighted by Gasteiger charge is 2.24. The standard InChI is InChI=1S/C24H28N4O.ClH/c29-24-9-6-19-4-1-2-5-23(19)28(24)13-3-12-26-14-16-27(17-15-26)21-7-8-22-20(18-21)10-11-25-22;/h1-2,4-5,7-8,10-11,18,25H,3,6,9,12-17H2;1H. The van der Waals surface area contributed by atoms with Gasteiger partial charge in [-0.25, -0.2) is 0 Å². The van der Waals surface area contributed by atoms with Crippen LogP contribution in [0.1, 0.15) is 18.4 Å². The van der Waals surface area contributed by atoms with E-state index in [4.69, 9.17) is 0 Å². The zero-order chi connectivity index (χ0) is 19.6. The van der Waals surface area contributed by atoms with Crippen LogP contribution in [0, 0.1) is 0 Å². The number of amides is 1. The maximum atomic E-state index is 12.4. The van der Waals surface area contributed by atoms with Gasteiger partial charge in [0.2, 0.25) is 5.91 Å². The number of aromatic nitrogens is 1. The Morgan fingerprint density at radius 2 is 1.73 bits per heavy atom. The number of aromatic amines is 1. The average Bonchev–Trinajstić information content (AvgIpc) is 3.24. The Morgan fingerprint density at radius 3 is 2.60 bits per heavy atom. The fourth-order valence-electron chi connectivity index (χ4n) is 4.66. The Morgan fingerprint density at radius 1 is 0.900 bits per heavy atom. The highest BCUT2D eigenvalue weighted by atomic mass is 35.5. The summed E-state index contributed by atoms with van der Waals surface area (Å²) in [6.45, 7) is 6.14. The molecular formula is C24H29ClN4O. The number of nitrogens with zero attached hydrogens (tertiary/aromatic N) is 3. The Bertz CT molecular complexity index is 1010. The molecule has 1 aromatic heterocycles. The van der Waals surface area contributed by atoms with Crippen LogP contribution in [0.3, 0.4) is 0 Å². The first-order valence-corrected chi connectivity index (χ1v) is 10.7. The summed E-state index contributed by atoms with van der Waals surface area (Å²) in [5.41, 5.74) is 4.93. The van der Waals surface area contributed by atoms with Crippen LogP contribution in [0.25, 0.3) is 10.9 Å². The molecule has 5 rings (SSSR count). The van der Waals surface area contributed by atoms with E-state index in [-0.39, 0.29) is 18.3 Å². The van der Waals surface area contributed by atoms with Gasteiger partial charge in [0.05, 0.1) is 0 Å². The largest absolute Gasteiger partial charge is 0.369 e. The number of rotatable bonds is 5. The van der Waals surface area contributed by atoms with Crippen molar-refractivity contribution in [2.75, 3.05) is 49.1 Å². The molecule has 0 bridgehead atoms. The van der Waals surface area contributed by atoms with E-state index in [1.807, 2.05) is 17.2 Å². The van der Waals surface area contributed by atoms with E-state index in [2.05, 4.69) is 57.2 Å². The van der Waals surface area contributed by atoms with Crippen molar-refractivity contribution in [3.63, 3.8) is 0 Å². The minimum atomic E-state index is 0. The number of para-hydroxylation sites is 1. The number of halogens is 1. The summed E-state index contributed by atoms with van der Waals surface area (Å²) >= 11 is 0. The molecule has 2 aliphatic heterocycles. The van der Waals surface area contributed by atoms with Crippen molar-refractivity contribution in [2.45, 2.75) is 19.3 Å². The van der Waals surface area contributed by atoms with Gasteiger partial charge in [-0.05, 0) is 55.3 Å². The summed E-state index contributed by atoms with van der Waals surface area (Å²) in [4.78, 5) is 22.7. The first-order chi connectivity index (χ1) is 14.3. The normalized spacial score (nSPS) is 17.1. The minimum absolute atomic E-state index is 0. The number of nitrogens with one attached hydrogen (secondary N) is 1. The van der Waals surface area contributed by atoms with Gasteiger partial charge in [-0.3, -0.25) is 9.69 Å². The number of fused-ring (bicyclic) bond motifs is 2. The van der Waals surface area contributed by atoms with Crippen LogP contribution in [-0.2, 0) is 11.2 Å². The quantitative estimate of drug-likeness (QED) is 0.671. The number of aryl methyl sites for hydroxylation is 1. The summed E-state index contributed by atoms with van der Waals surface area (Å²) in [7, 11) is 0. The summed E-state index contributed by atoms with van der Waals surface area (Å²) < 4.78 is 0. The second-order valence-corrected chi connectivity index (χ2v) is 8.11. The van der Waals surface area contributed by atoms with Crippen LogP contribution in [0.15, 0.2) is 54.7 Å². The lowest BCUT2D eigenvalue weighted by Crippen LogP contribution is -2.47. The molecule has 0 unspecified atom stereocenters. The van der Waals surface area contributed by atoms with Gasteiger partial charge in [-0.1, -0.05) is 18.2 Å². The third kappa shape index (κ3) is 4.18. The lowest BCUT2D eigenvalue weighted by Gasteiger charge is -2.36. The van der Waals surface area contributed by atoms with Gasteiger partial charge >= 0.3 is 0 Å². The SMILES string of the molecule is Cl.O=C1CCc2ccccc2N1CCCN1CCN(c2ccc3[nH]ccc3c2)CC1. The van der Waals surface area contributed by atoms with Gasteiger partial charge in [0.25, 0.3) is 0 Å². The molecule has 2 aliphatic rings. The molecule has 0 spiro atoms. The van der Waals surface area contributed by atoms with E-state index in [1.165, 1.54) is 22.2 Å². The van der Waals surface area contributed by atoms with Crippen molar-refractivity contribution in [3.8, 4) is 0 Å². The molecule has 0 radical (unpaired) electrons. The molecule has 1 saturated heterocycles. The molecule has 0 aliphatic carbocycles. The Labute approximate surface area is 184 Å². The second-order valence-electron chi connectivity index (χ2n) is 8.11. The van der Waals surface area contributed by atoms with E-state index in [0.717, 1.165) is 57.8 Å². The maximum Gasteiger partial charge on any atom is 0.227 e. The van der Waals surface area contributed by atoms with Gasteiger partial charge in [-0.2, -0.15) is 0 Å². The van der Waals surface area contributed by atoms with Crippen molar-refractivity contribution in [2.24, 2.45) is 0 Å². The van der Waals surface area contributed by atoms with Crippen LogP contribution < -0.4 is 9.80 Å². The molecule has 0 atom stereocenters. The van der Waals surface area contributed by atoms with Crippen molar-refractivity contribution in [1.82, 2.24) is 9.88 Å². The number of anilines is 2. The number of carbonyl (C=O) groups excluding carboxylic acids is 1. The molecule has 5 nitrogen and oxygen atoms in total. The van der Waals surface area contributed by atoms with Crippen LogP contribution in [-0.4, -0.2) is 55.1 Å². The van der Waals surface area contributed by atoms with E-state index >= 15 is 0 Å². The van der Waals surface area contributed by atoms with Crippen LogP contribution in [0.4, 0.5) is 11.4 Å². The number of piperazine rings is 1. The molecular weight excluding hydrogens is 396 g/mol. The van der Waals surface area contributed by atoms with Gasteiger partial charge < -0.3 is 14.8 Å². The zero-order valence-electron chi connectivity index (χ0n) is 17.2. The van der Waals surface area contributed by atoms with E-state index in [0.29, 0.717) is 6.42 Å². The molecule has 30 heavy (non-hydrogen) atoms. The Kier molecular flexibility index (Phi) is 6.30. The second kappa shape index (κ2) is 9.11. The molecule has 6 heteroatoms. The summed E-state index contributed by atoms with van der Waals surface area (Å²) in [5.74, 6) is 0.272. The molecule has 1 fully saturated rings. The number of hydrogen-bond donors (Lipinski definition) is 1. The molecule has 158 valence electrons. The highest BCUT2D eigenvalue weighted by Crippen LogP contribution is 2.27. The maximum absolute atomic E-state index is 12.4. The predicted molar refractivity (Wildman–Crippen MR) is 126 cm³/mol. The molecule has 0 saturated carbocycles. The minimum Gasteiger partial charge on any atom is -0.369 e. The molecule has 1 N–H and O–H groups in total. The average molecular weight is 425 g/mol. The fraction of sp³-hybridized carbons (Fsp3) is 0.375. The topological polar surface area (TPSA) is 42.6 Å². The Hall–Kier alpha value is -2.50. The monoisotopic (exact) mass is 424 g/mol. The lowest BCUT2D eigenvalue weighted by atomic mass is 10.0. The molecule has 3 aromatic rings. The van der Waals surface area contributed by atoms with Crippen LogP contribution >= 0.6 is 12.4 Å². The summed E-state index contributed by atoms with van der Waals surface area (Å²) in [5, 5.41) is 1.27. The van der Waals surface area contributed by atoms with Gasteiger partial charge in [0, 0.05) is 67.6 Å². The number of hydrogen-bond acceptors (Lipinski definition) is 3. The summed E-state index contributed by atoms with van der Waals surface area (Å²) in [6.07, 6.45) is 4.54. The third-order valence-corrected chi connectivity index (χ3v) is 6.32. The van der Waals surface area contributed by atoms with Gasteiger partial charge in [0.15, 0.2) is 0 Å². The Balaban J connectivity index is 0.00000218. The first kappa shape index (κ1) is 20.8. The molecule has 3 heterocycles. The van der Waals surface area contributed by atoms with Crippen LogP contribution in [0.2, 0.25) is 0 Å². The first-order valence-electron chi connectivity index (χ1n) is 10.7. The smallest absolute Gasteiger partial charge is 0.227 e. The zero-order valence-corrected chi connectivity index (χ0v) is 18.0. The van der Waals surface area contributed by atoms with E-state index in [9.17, 15) is 4.79 Å². The number of benzene rings is 2.